The smallest absolute Gasteiger partial charge is 0.407 e. The minimum atomic E-state index is -1.12. The molecule has 0 spiro atoms. The highest BCUT2D eigenvalue weighted by Crippen LogP contribution is 2.18. The van der Waals surface area contributed by atoms with Crippen molar-refractivity contribution >= 4 is 15.4 Å². The first-order valence-corrected chi connectivity index (χ1v) is 7.40. The summed E-state index contributed by atoms with van der Waals surface area (Å²) in [5, 5.41) is 2.70. The van der Waals surface area contributed by atoms with Crippen LogP contribution in [0, 0.1) is 0 Å². The number of nitrogens with one attached hydrogen (secondary N) is 1. The number of unbranched alkanes of at least 4 members (excludes halogenated alkanes) is 1. The predicted octanol–water partition coefficient (Wildman–Crippen LogP) is 2.07. The fourth-order valence-electron chi connectivity index (χ4n) is 1.55. The lowest BCUT2D eigenvalue weighted by molar-refractivity contribution is 0.152. The monoisotopic (exact) mass is 262 g/mol. The predicted molar refractivity (Wildman–Crippen MR) is 68.1 cm³/mol. The molecule has 0 aromatic heterocycles. The Morgan fingerprint density at radius 3 is 2.47 bits per heavy atom. The Morgan fingerprint density at radius 1 is 1.29 bits per heavy atom. The molecule has 1 unspecified atom stereocenters. The number of hydrogen-bond acceptors (Lipinski definition) is 4. The van der Waals surface area contributed by atoms with E-state index in [9.17, 15) is 4.79 Å². The second-order valence-corrected chi connectivity index (χ2v) is 6.21. The van der Waals surface area contributed by atoms with Gasteiger partial charge in [-0.2, -0.15) is 0 Å². The van der Waals surface area contributed by atoms with Crippen molar-refractivity contribution in [2.24, 2.45) is 0 Å². The number of amides is 1. The lowest BCUT2D eigenvalue weighted by atomic mass is 10.2. The van der Waals surface area contributed by atoms with Crippen molar-refractivity contribution in [1.29, 1.82) is 0 Å². The topological polar surface area (TPSA) is 56.8 Å². The van der Waals surface area contributed by atoms with Crippen LogP contribution in [0.4, 0.5) is 4.79 Å². The number of carbonyl (C=O) groups is 1. The van der Waals surface area contributed by atoms with E-state index in [1.807, 2.05) is 0 Å². The molecule has 0 saturated heterocycles. The molecule has 0 aliphatic heterocycles. The summed E-state index contributed by atoms with van der Waals surface area (Å²) in [6.45, 7) is 5.00. The Labute approximate surface area is 106 Å². The molecule has 17 heavy (non-hydrogen) atoms. The standard InChI is InChI=1S/C11H24NO4Si/c1-5-16-11(13)12-9-7-6-8-10(2)17(14-3)15-4/h10H,5-9H2,1-4H3,(H,12,13). The zero-order chi connectivity index (χ0) is 13.1. The van der Waals surface area contributed by atoms with Crippen molar-refractivity contribution in [2.45, 2.75) is 38.7 Å². The van der Waals surface area contributed by atoms with Gasteiger partial charge in [-0.05, 0) is 19.8 Å². The lowest BCUT2D eigenvalue weighted by Gasteiger charge is -2.16. The maximum absolute atomic E-state index is 11.0. The number of carbonyl (C=O) groups excluding carboxylic acids is 1. The highest BCUT2D eigenvalue weighted by Gasteiger charge is 2.20. The van der Waals surface area contributed by atoms with Crippen LogP contribution in [0.2, 0.25) is 5.54 Å². The molecule has 5 nitrogen and oxygen atoms in total. The van der Waals surface area contributed by atoms with Gasteiger partial charge in [0.05, 0.1) is 6.61 Å². The second kappa shape index (κ2) is 10.6. The molecule has 0 aliphatic carbocycles. The van der Waals surface area contributed by atoms with E-state index < -0.39 is 9.28 Å². The van der Waals surface area contributed by atoms with E-state index in [2.05, 4.69) is 12.2 Å². The lowest BCUT2D eigenvalue weighted by Crippen LogP contribution is -2.26. The number of rotatable bonds is 9. The number of alkyl carbamates (subject to hydrolysis) is 1. The molecule has 0 fully saturated rings. The van der Waals surface area contributed by atoms with Gasteiger partial charge in [-0.3, -0.25) is 0 Å². The first kappa shape index (κ1) is 16.4. The minimum absolute atomic E-state index is 0.334. The second-order valence-electron chi connectivity index (χ2n) is 3.77. The van der Waals surface area contributed by atoms with Crippen LogP contribution in [-0.2, 0) is 13.6 Å². The Kier molecular flexibility index (Phi) is 10.2. The molecule has 0 saturated carbocycles. The molecular formula is C11H24NO4Si. The van der Waals surface area contributed by atoms with Gasteiger partial charge in [0, 0.05) is 26.3 Å². The summed E-state index contributed by atoms with van der Waals surface area (Å²) in [5.41, 5.74) is 0.456. The Bertz CT molecular complexity index is 200. The van der Waals surface area contributed by atoms with Gasteiger partial charge in [-0.15, -0.1) is 0 Å². The molecular weight excluding hydrogens is 238 g/mol. The molecule has 0 heterocycles. The summed E-state index contributed by atoms with van der Waals surface area (Å²) in [4.78, 5) is 11.0. The normalized spacial score (nSPS) is 12.5. The molecule has 0 aliphatic rings. The first-order chi connectivity index (χ1) is 8.15. The molecule has 1 amide bonds. The van der Waals surface area contributed by atoms with E-state index in [-0.39, 0.29) is 6.09 Å². The largest absolute Gasteiger partial charge is 0.450 e. The van der Waals surface area contributed by atoms with E-state index in [1.54, 1.807) is 21.1 Å². The maximum Gasteiger partial charge on any atom is 0.407 e. The van der Waals surface area contributed by atoms with E-state index in [0.29, 0.717) is 18.7 Å². The van der Waals surface area contributed by atoms with Crippen LogP contribution in [0.25, 0.3) is 0 Å². The van der Waals surface area contributed by atoms with Gasteiger partial charge in [-0.1, -0.05) is 13.3 Å². The van der Waals surface area contributed by atoms with Gasteiger partial charge >= 0.3 is 15.4 Å². The van der Waals surface area contributed by atoms with E-state index >= 15 is 0 Å². The molecule has 0 bridgehead atoms. The third-order valence-electron chi connectivity index (χ3n) is 2.41. The Hall–Kier alpha value is -0.593. The van der Waals surface area contributed by atoms with Crippen LogP contribution < -0.4 is 5.32 Å². The third kappa shape index (κ3) is 8.17. The fraction of sp³-hybridized carbons (Fsp3) is 0.909. The highest BCUT2D eigenvalue weighted by molar-refractivity contribution is 6.46. The van der Waals surface area contributed by atoms with Crippen molar-refractivity contribution < 1.29 is 18.4 Å². The third-order valence-corrected chi connectivity index (χ3v) is 4.31. The molecule has 1 atom stereocenters. The molecule has 0 rings (SSSR count). The summed E-state index contributed by atoms with van der Waals surface area (Å²) in [6.07, 6.45) is 2.72. The van der Waals surface area contributed by atoms with Crippen molar-refractivity contribution in [3.05, 3.63) is 0 Å². The average molecular weight is 262 g/mol. The summed E-state index contributed by atoms with van der Waals surface area (Å²) in [5.74, 6) is 0. The van der Waals surface area contributed by atoms with Crippen LogP contribution in [0.5, 0.6) is 0 Å². The quantitative estimate of drug-likeness (QED) is 0.510. The molecule has 0 aromatic carbocycles. The van der Waals surface area contributed by atoms with Gasteiger partial charge in [0.2, 0.25) is 0 Å². The Morgan fingerprint density at radius 2 is 1.94 bits per heavy atom. The SMILES string of the molecule is CCOC(=O)NCCCCC(C)[Si](OC)OC. The highest BCUT2D eigenvalue weighted by atomic mass is 28.3. The van der Waals surface area contributed by atoms with Crippen LogP contribution in [0.15, 0.2) is 0 Å². The zero-order valence-corrected chi connectivity index (χ0v) is 12.2. The van der Waals surface area contributed by atoms with Gasteiger partial charge in [0.1, 0.15) is 0 Å². The first-order valence-electron chi connectivity index (χ1n) is 6.01. The van der Waals surface area contributed by atoms with Gasteiger partial charge in [-0.25, -0.2) is 4.79 Å². The van der Waals surface area contributed by atoms with Crippen LogP contribution in [-0.4, -0.2) is 42.7 Å². The Balaban J connectivity index is 3.47. The number of ether oxygens (including phenoxy) is 1. The van der Waals surface area contributed by atoms with Crippen molar-refractivity contribution in [3.63, 3.8) is 0 Å². The summed E-state index contributed by atoms with van der Waals surface area (Å²) in [6, 6.07) is 0. The van der Waals surface area contributed by atoms with Crippen molar-refractivity contribution in [1.82, 2.24) is 5.32 Å². The van der Waals surface area contributed by atoms with Gasteiger partial charge in [0.15, 0.2) is 0 Å². The van der Waals surface area contributed by atoms with Crippen LogP contribution in [0.3, 0.4) is 0 Å². The average Bonchev–Trinajstić information content (AvgIpc) is 2.30. The summed E-state index contributed by atoms with van der Waals surface area (Å²) in [7, 11) is 2.26. The van der Waals surface area contributed by atoms with E-state index in [4.69, 9.17) is 13.6 Å². The summed E-state index contributed by atoms with van der Waals surface area (Å²) >= 11 is 0. The molecule has 101 valence electrons. The molecule has 0 aromatic rings. The molecule has 6 heteroatoms. The van der Waals surface area contributed by atoms with E-state index in [0.717, 1.165) is 19.3 Å². The van der Waals surface area contributed by atoms with E-state index in [1.165, 1.54) is 0 Å². The van der Waals surface area contributed by atoms with Crippen molar-refractivity contribution in [2.75, 3.05) is 27.4 Å². The van der Waals surface area contributed by atoms with Gasteiger partial charge in [0.25, 0.3) is 0 Å². The molecule has 1 radical (unpaired) electrons. The van der Waals surface area contributed by atoms with Crippen molar-refractivity contribution in [3.8, 4) is 0 Å². The van der Waals surface area contributed by atoms with Gasteiger partial charge < -0.3 is 18.9 Å². The number of hydrogen-bond donors (Lipinski definition) is 1. The van der Waals surface area contributed by atoms with Crippen LogP contribution in [0.1, 0.15) is 33.1 Å². The van der Waals surface area contributed by atoms with Crippen LogP contribution >= 0.6 is 0 Å². The minimum Gasteiger partial charge on any atom is -0.450 e. The molecule has 1 N–H and O–H groups in total. The maximum atomic E-state index is 11.0. The zero-order valence-electron chi connectivity index (χ0n) is 11.2. The summed E-state index contributed by atoms with van der Waals surface area (Å²) < 4.78 is 15.3. The fourth-order valence-corrected chi connectivity index (χ4v) is 2.96.